The molecule has 2 rings (SSSR count). The van der Waals surface area contributed by atoms with Gasteiger partial charge >= 0.3 is 0 Å². The van der Waals surface area contributed by atoms with Crippen LogP contribution in [-0.2, 0) is 6.54 Å². The zero-order valence-electron chi connectivity index (χ0n) is 8.29. The second kappa shape index (κ2) is 4.71. The number of hydrogen-bond donors (Lipinski definition) is 1. The summed E-state index contributed by atoms with van der Waals surface area (Å²) in [6.45, 7) is 2.90. The third-order valence-electron chi connectivity index (χ3n) is 2.73. The average Bonchev–Trinajstić information content (AvgIpc) is 2.14. The molecule has 0 bridgehead atoms. The van der Waals surface area contributed by atoms with Crippen LogP contribution in [0.25, 0.3) is 0 Å². The summed E-state index contributed by atoms with van der Waals surface area (Å²) in [5.74, 6) is 0.422. The molecule has 0 amide bonds. The maximum Gasteiger partial charge on any atom is 0.0483 e. The van der Waals surface area contributed by atoms with E-state index in [-0.39, 0.29) is 6.61 Å². The van der Waals surface area contributed by atoms with Gasteiger partial charge in [-0.25, -0.2) is 0 Å². The standard InChI is InChI=1S/C11H13Cl2NO/c12-10-2-1-3-11(13)9(10)6-14-4-8(5-14)7-15/h1-3,8,15H,4-7H2. The largest absolute Gasteiger partial charge is 0.396 e. The molecular formula is C11H13Cl2NO. The lowest BCUT2D eigenvalue weighted by atomic mass is 10.0. The van der Waals surface area contributed by atoms with E-state index in [4.69, 9.17) is 28.3 Å². The number of benzene rings is 1. The highest BCUT2D eigenvalue weighted by molar-refractivity contribution is 6.35. The van der Waals surface area contributed by atoms with E-state index in [9.17, 15) is 0 Å². The van der Waals surface area contributed by atoms with Crippen molar-refractivity contribution in [3.63, 3.8) is 0 Å². The number of aliphatic hydroxyl groups excluding tert-OH is 1. The summed E-state index contributed by atoms with van der Waals surface area (Å²) in [5.41, 5.74) is 0.984. The molecule has 0 saturated carbocycles. The summed E-state index contributed by atoms with van der Waals surface area (Å²) >= 11 is 12.1. The first-order chi connectivity index (χ1) is 7.20. The highest BCUT2D eigenvalue weighted by Gasteiger charge is 2.26. The van der Waals surface area contributed by atoms with Gasteiger partial charge in [0.2, 0.25) is 0 Å². The molecule has 2 nitrogen and oxygen atoms in total. The van der Waals surface area contributed by atoms with Crippen molar-refractivity contribution in [3.05, 3.63) is 33.8 Å². The monoisotopic (exact) mass is 245 g/mol. The Morgan fingerprint density at radius 1 is 1.27 bits per heavy atom. The number of nitrogens with zero attached hydrogens (tertiary/aromatic N) is 1. The lowest BCUT2D eigenvalue weighted by molar-refractivity contribution is 0.0480. The van der Waals surface area contributed by atoms with Crippen molar-refractivity contribution in [1.82, 2.24) is 4.90 Å². The molecule has 1 saturated heterocycles. The fourth-order valence-electron chi connectivity index (χ4n) is 1.83. The average molecular weight is 246 g/mol. The van der Waals surface area contributed by atoms with Crippen LogP contribution in [0.5, 0.6) is 0 Å². The normalized spacial score (nSPS) is 17.8. The van der Waals surface area contributed by atoms with Crippen molar-refractivity contribution < 1.29 is 5.11 Å². The van der Waals surface area contributed by atoms with E-state index in [0.29, 0.717) is 5.92 Å². The minimum absolute atomic E-state index is 0.271. The van der Waals surface area contributed by atoms with Crippen LogP contribution in [-0.4, -0.2) is 29.7 Å². The van der Waals surface area contributed by atoms with Gasteiger partial charge in [-0.05, 0) is 12.1 Å². The Balaban J connectivity index is 2.00. The van der Waals surface area contributed by atoms with Crippen molar-refractivity contribution in [1.29, 1.82) is 0 Å². The summed E-state index contributed by atoms with van der Waals surface area (Å²) in [5, 5.41) is 10.3. The number of aliphatic hydroxyl groups is 1. The molecule has 0 atom stereocenters. The molecule has 0 spiro atoms. The van der Waals surface area contributed by atoms with Gasteiger partial charge in [-0.1, -0.05) is 29.3 Å². The van der Waals surface area contributed by atoms with Crippen molar-refractivity contribution in [3.8, 4) is 0 Å². The van der Waals surface area contributed by atoms with Crippen LogP contribution in [0.1, 0.15) is 5.56 Å². The SMILES string of the molecule is OCC1CN(Cc2c(Cl)cccc2Cl)C1. The van der Waals surface area contributed by atoms with Gasteiger partial charge in [0.15, 0.2) is 0 Å². The molecule has 4 heteroatoms. The molecular weight excluding hydrogens is 233 g/mol. The Morgan fingerprint density at radius 2 is 1.87 bits per heavy atom. The molecule has 1 aliphatic heterocycles. The van der Waals surface area contributed by atoms with Gasteiger partial charge in [0, 0.05) is 47.8 Å². The summed E-state index contributed by atoms with van der Waals surface area (Å²) in [4.78, 5) is 2.23. The van der Waals surface area contributed by atoms with E-state index < -0.39 is 0 Å². The van der Waals surface area contributed by atoms with Crippen LogP contribution in [0.3, 0.4) is 0 Å². The molecule has 0 unspecified atom stereocenters. The molecule has 0 aliphatic carbocycles. The van der Waals surface area contributed by atoms with E-state index in [0.717, 1.165) is 35.2 Å². The molecule has 0 radical (unpaired) electrons. The predicted octanol–water partition coefficient (Wildman–Crippen LogP) is 2.42. The highest BCUT2D eigenvalue weighted by Crippen LogP contribution is 2.28. The lowest BCUT2D eigenvalue weighted by Crippen LogP contribution is -2.47. The van der Waals surface area contributed by atoms with Crippen LogP contribution in [0.2, 0.25) is 10.0 Å². The van der Waals surface area contributed by atoms with Gasteiger partial charge in [0.25, 0.3) is 0 Å². The number of rotatable bonds is 3. The van der Waals surface area contributed by atoms with Crippen LogP contribution >= 0.6 is 23.2 Å². The van der Waals surface area contributed by atoms with E-state index in [1.54, 1.807) is 0 Å². The second-order valence-corrected chi connectivity index (χ2v) is 4.76. The third kappa shape index (κ3) is 2.45. The Hall–Kier alpha value is -0.280. The Kier molecular flexibility index (Phi) is 3.52. The maximum absolute atomic E-state index is 8.90. The van der Waals surface area contributed by atoms with Crippen LogP contribution in [0.4, 0.5) is 0 Å². The Morgan fingerprint density at radius 3 is 2.40 bits per heavy atom. The predicted molar refractivity (Wildman–Crippen MR) is 62.3 cm³/mol. The molecule has 1 aliphatic rings. The summed E-state index contributed by atoms with van der Waals surface area (Å²) in [6.07, 6.45) is 0. The highest BCUT2D eigenvalue weighted by atomic mass is 35.5. The molecule has 1 aromatic rings. The van der Waals surface area contributed by atoms with Crippen molar-refractivity contribution >= 4 is 23.2 Å². The second-order valence-electron chi connectivity index (χ2n) is 3.94. The molecule has 1 aromatic carbocycles. The van der Waals surface area contributed by atoms with Crippen molar-refractivity contribution in [2.24, 2.45) is 5.92 Å². The number of halogens is 2. The fourth-order valence-corrected chi connectivity index (χ4v) is 2.35. The smallest absolute Gasteiger partial charge is 0.0483 e. The molecule has 1 heterocycles. The maximum atomic E-state index is 8.90. The summed E-state index contributed by atoms with van der Waals surface area (Å²) < 4.78 is 0. The van der Waals surface area contributed by atoms with Gasteiger partial charge in [-0.3, -0.25) is 4.90 Å². The molecule has 1 N–H and O–H groups in total. The first kappa shape index (κ1) is 11.2. The first-order valence-corrected chi connectivity index (χ1v) is 5.72. The quantitative estimate of drug-likeness (QED) is 0.885. The minimum atomic E-state index is 0.271. The van der Waals surface area contributed by atoms with Gasteiger partial charge in [-0.2, -0.15) is 0 Å². The van der Waals surface area contributed by atoms with Crippen LogP contribution in [0.15, 0.2) is 18.2 Å². The van der Waals surface area contributed by atoms with Crippen LogP contribution < -0.4 is 0 Å². The van der Waals surface area contributed by atoms with Crippen molar-refractivity contribution in [2.45, 2.75) is 6.54 Å². The van der Waals surface area contributed by atoms with Crippen molar-refractivity contribution in [2.75, 3.05) is 19.7 Å². The molecule has 0 aromatic heterocycles. The third-order valence-corrected chi connectivity index (χ3v) is 3.44. The van der Waals surface area contributed by atoms with E-state index in [1.165, 1.54) is 0 Å². The Bertz CT molecular complexity index is 330. The topological polar surface area (TPSA) is 23.5 Å². The van der Waals surface area contributed by atoms with Gasteiger partial charge in [0.05, 0.1) is 0 Å². The number of likely N-dealkylation sites (tertiary alicyclic amines) is 1. The first-order valence-electron chi connectivity index (χ1n) is 4.97. The molecule has 15 heavy (non-hydrogen) atoms. The van der Waals surface area contributed by atoms with Gasteiger partial charge in [0.1, 0.15) is 0 Å². The van der Waals surface area contributed by atoms with Gasteiger partial charge in [-0.15, -0.1) is 0 Å². The molecule has 1 fully saturated rings. The van der Waals surface area contributed by atoms with E-state index >= 15 is 0 Å². The lowest BCUT2D eigenvalue weighted by Gasteiger charge is -2.38. The fraction of sp³-hybridized carbons (Fsp3) is 0.455. The minimum Gasteiger partial charge on any atom is -0.396 e. The molecule has 82 valence electrons. The zero-order chi connectivity index (χ0) is 10.8. The number of hydrogen-bond acceptors (Lipinski definition) is 2. The Labute approximate surface area is 99.4 Å². The summed E-state index contributed by atoms with van der Waals surface area (Å²) in [6, 6.07) is 5.55. The zero-order valence-corrected chi connectivity index (χ0v) is 9.80. The van der Waals surface area contributed by atoms with Gasteiger partial charge < -0.3 is 5.11 Å². The van der Waals surface area contributed by atoms with E-state index in [1.807, 2.05) is 18.2 Å². The summed E-state index contributed by atoms with van der Waals surface area (Å²) in [7, 11) is 0. The van der Waals surface area contributed by atoms with Crippen LogP contribution in [0, 0.1) is 5.92 Å². The van der Waals surface area contributed by atoms with E-state index in [2.05, 4.69) is 4.90 Å².